The molecule has 2 heteroatoms. The van der Waals surface area contributed by atoms with E-state index in [1.165, 1.54) is 17.6 Å². The molecule has 0 heterocycles. The molecule has 0 aliphatic heterocycles. The molecular weight excluding hydrogens is 297 g/mol. The van der Waals surface area contributed by atoms with Crippen molar-refractivity contribution in [2.24, 2.45) is 4.99 Å². The summed E-state index contributed by atoms with van der Waals surface area (Å²) in [6, 6.07) is 10.5. The van der Waals surface area contributed by atoms with Crippen LogP contribution in [0.25, 0.3) is 0 Å². The predicted octanol–water partition coefficient (Wildman–Crippen LogP) is 4.26. The second-order valence-electron chi connectivity index (χ2n) is 4.47. The first-order valence-corrected chi connectivity index (χ1v) is 7.75. The van der Waals surface area contributed by atoms with E-state index in [9.17, 15) is 0 Å². The molecule has 0 bridgehead atoms. The Morgan fingerprint density at radius 3 is 2.53 bits per heavy atom. The molecule has 0 amide bonds. The van der Waals surface area contributed by atoms with Crippen molar-refractivity contribution in [3.05, 3.63) is 53.8 Å². The number of benzene rings is 1. The Morgan fingerprint density at radius 2 is 2.00 bits per heavy atom. The number of hydrogen-bond acceptors (Lipinski definition) is 1. The summed E-state index contributed by atoms with van der Waals surface area (Å²) < 4.78 is 1.05. The number of allylic oxidation sites excluding steroid dienone is 1. The summed E-state index contributed by atoms with van der Waals surface area (Å²) >= 11 is 3.15. The van der Waals surface area contributed by atoms with Gasteiger partial charge in [-0.3, -0.25) is 0 Å². The summed E-state index contributed by atoms with van der Waals surface area (Å²) in [5.74, 6) is 0.181. The molecule has 1 radical (unpaired) electrons. The van der Waals surface area contributed by atoms with Gasteiger partial charge in [-0.15, -0.1) is 0 Å². The molecule has 1 aromatic rings. The summed E-state index contributed by atoms with van der Waals surface area (Å²) in [4.78, 5) is 4.68. The summed E-state index contributed by atoms with van der Waals surface area (Å²) in [6.07, 6.45) is 3.24. The second-order valence-corrected chi connectivity index (χ2v) is 5.35. The van der Waals surface area contributed by atoms with Crippen LogP contribution in [-0.4, -0.2) is 27.2 Å². The standard InChI is InChI=1S/C17H22NSe/c1-4-7-13-18-17(19)16(14(5-2)6-3)15-11-9-8-10-12-15/h8-12,16H,2,4,6-7,13H2,1,3H3. The molecule has 0 aliphatic rings. The van der Waals surface area contributed by atoms with Crippen molar-refractivity contribution in [1.29, 1.82) is 0 Å². The van der Waals surface area contributed by atoms with Gasteiger partial charge in [-0.1, -0.05) is 0 Å². The van der Waals surface area contributed by atoms with Gasteiger partial charge in [-0.2, -0.15) is 0 Å². The van der Waals surface area contributed by atoms with Crippen molar-refractivity contribution < 1.29 is 0 Å². The molecule has 19 heavy (non-hydrogen) atoms. The van der Waals surface area contributed by atoms with E-state index in [-0.39, 0.29) is 5.92 Å². The maximum absolute atomic E-state index is 4.68. The van der Waals surface area contributed by atoms with Gasteiger partial charge in [-0.05, 0) is 0 Å². The van der Waals surface area contributed by atoms with E-state index >= 15 is 0 Å². The Balaban J connectivity index is 3.06. The van der Waals surface area contributed by atoms with Crippen LogP contribution in [0.1, 0.15) is 44.6 Å². The average molecular weight is 319 g/mol. The molecule has 101 valence electrons. The number of unbranched alkanes of at least 4 members (excludes halogenated alkanes) is 1. The van der Waals surface area contributed by atoms with Crippen molar-refractivity contribution in [2.45, 2.75) is 39.0 Å². The van der Waals surface area contributed by atoms with Gasteiger partial charge in [0.15, 0.2) is 0 Å². The molecule has 0 aromatic heterocycles. The summed E-state index contributed by atoms with van der Waals surface area (Å²) in [5.41, 5.74) is 5.54. The summed E-state index contributed by atoms with van der Waals surface area (Å²) in [5, 5.41) is 0. The van der Waals surface area contributed by atoms with E-state index in [1.807, 2.05) is 6.07 Å². The van der Waals surface area contributed by atoms with Gasteiger partial charge in [-0.25, -0.2) is 0 Å². The average Bonchev–Trinajstić information content (AvgIpc) is 2.45. The molecule has 0 fully saturated rings. The molecule has 0 saturated carbocycles. The molecule has 1 aromatic carbocycles. The molecule has 1 atom stereocenters. The fourth-order valence-electron chi connectivity index (χ4n) is 2.01. The van der Waals surface area contributed by atoms with E-state index in [1.54, 1.807) is 0 Å². The first-order valence-electron chi connectivity index (χ1n) is 6.89. The van der Waals surface area contributed by atoms with E-state index in [0.29, 0.717) is 0 Å². The van der Waals surface area contributed by atoms with Crippen molar-refractivity contribution in [1.82, 2.24) is 0 Å². The summed E-state index contributed by atoms with van der Waals surface area (Å²) in [6.45, 7) is 9.04. The van der Waals surface area contributed by atoms with Crippen LogP contribution in [0.5, 0.6) is 0 Å². The molecule has 0 aliphatic carbocycles. The third-order valence-corrected chi connectivity index (χ3v) is 3.88. The minimum atomic E-state index is 0.181. The van der Waals surface area contributed by atoms with Gasteiger partial charge in [0.25, 0.3) is 0 Å². The molecule has 0 saturated heterocycles. The van der Waals surface area contributed by atoms with Crippen molar-refractivity contribution in [2.75, 3.05) is 6.54 Å². The van der Waals surface area contributed by atoms with Crippen molar-refractivity contribution >= 4 is 20.6 Å². The fraction of sp³-hybridized carbons (Fsp3) is 0.412. The van der Waals surface area contributed by atoms with Crippen LogP contribution in [0, 0.1) is 0 Å². The van der Waals surface area contributed by atoms with Crippen molar-refractivity contribution in [3.63, 3.8) is 0 Å². The van der Waals surface area contributed by atoms with Crippen LogP contribution in [0.4, 0.5) is 0 Å². The topological polar surface area (TPSA) is 12.4 Å². The van der Waals surface area contributed by atoms with Crippen LogP contribution in [0.15, 0.2) is 53.2 Å². The Kier molecular flexibility index (Phi) is 7.52. The first-order chi connectivity index (χ1) is 9.24. The van der Waals surface area contributed by atoms with Gasteiger partial charge in [0.05, 0.1) is 0 Å². The zero-order valence-corrected chi connectivity index (χ0v) is 13.6. The van der Waals surface area contributed by atoms with Crippen LogP contribution < -0.4 is 0 Å². The predicted molar refractivity (Wildman–Crippen MR) is 85.1 cm³/mol. The maximum atomic E-state index is 4.68. The fourth-order valence-corrected chi connectivity index (χ4v) is 2.78. The Morgan fingerprint density at radius 1 is 1.32 bits per heavy atom. The minimum absolute atomic E-state index is 0.181. The molecule has 1 unspecified atom stereocenters. The number of aliphatic imine (C=N–C) groups is 1. The number of hydrogen-bond donors (Lipinski definition) is 0. The first kappa shape index (κ1) is 16.0. The Bertz CT molecular complexity index is 455. The van der Waals surface area contributed by atoms with Crippen LogP contribution in [0.2, 0.25) is 0 Å². The van der Waals surface area contributed by atoms with E-state index in [0.717, 1.165) is 24.0 Å². The van der Waals surface area contributed by atoms with Gasteiger partial charge >= 0.3 is 125 Å². The van der Waals surface area contributed by atoms with Gasteiger partial charge in [0.2, 0.25) is 0 Å². The van der Waals surface area contributed by atoms with Crippen molar-refractivity contribution in [3.8, 4) is 0 Å². The number of rotatable bonds is 7. The molecule has 0 spiro atoms. The van der Waals surface area contributed by atoms with E-state index in [2.05, 4.69) is 71.4 Å². The van der Waals surface area contributed by atoms with Crippen LogP contribution >= 0.6 is 0 Å². The van der Waals surface area contributed by atoms with Crippen LogP contribution in [0.3, 0.4) is 0 Å². The monoisotopic (exact) mass is 320 g/mol. The Hall–Kier alpha value is -1.07. The van der Waals surface area contributed by atoms with Gasteiger partial charge < -0.3 is 0 Å². The molecule has 1 nitrogen and oxygen atoms in total. The van der Waals surface area contributed by atoms with E-state index in [4.69, 9.17) is 0 Å². The third-order valence-electron chi connectivity index (χ3n) is 3.12. The normalized spacial score (nSPS) is 12.8. The zero-order chi connectivity index (χ0) is 14.1. The third kappa shape index (κ3) is 4.84. The van der Waals surface area contributed by atoms with Gasteiger partial charge in [0.1, 0.15) is 0 Å². The molecular formula is C17H22NSe. The zero-order valence-electron chi connectivity index (χ0n) is 11.9. The molecule has 0 N–H and O–H groups in total. The SMILES string of the molecule is C=C=C(CC)C(C([Se])=NCCCC)c1ccccc1. The summed E-state index contributed by atoms with van der Waals surface area (Å²) in [7, 11) is 0. The van der Waals surface area contributed by atoms with Gasteiger partial charge in [0, 0.05) is 0 Å². The van der Waals surface area contributed by atoms with Crippen LogP contribution in [-0.2, 0) is 0 Å². The Labute approximate surface area is 125 Å². The quantitative estimate of drug-likeness (QED) is 0.308. The molecule has 1 rings (SSSR count). The second kappa shape index (κ2) is 8.93. The van der Waals surface area contributed by atoms with E-state index < -0.39 is 0 Å². The number of nitrogens with zero attached hydrogens (tertiary/aromatic N) is 1.